The summed E-state index contributed by atoms with van der Waals surface area (Å²) in [5, 5.41) is -2.72. The van der Waals surface area contributed by atoms with E-state index in [0.29, 0.717) is 11.1 Å². The van der Waals surface area contributed by atoms with Gasteiger partial charge in [0.1, 0.15) is 0 Å². The Bertz CT molecular complexity index is 2580. The van der Waals surface area contributed by atoms with E-state index in [9.17, 15) is 9.59 Å². The molecule has 7 heteroatoms. The molecule has 0 saturated carbocycles. The Kier molecular flexibility index (Phi) is 16.3. The van der Waals surface area contributed by atoms with Gasteiger partial charge in [0, 0.05) is 11.1 Å². The summed E-state index contributed by atoms with van der Waals surface area (Å²) in [6.45, 7) is 16.0. The van der Waals surface area contributed by atoms with Crippen LogP contribution in [0.1, 0.15) is 67.9 Å². The van der Waals surface area contributed by atoms with E-state index in [1.807, 2.05) is 0 Å². The zero-order valence-electron chi connectivity index (χ0n) is 38.0. The zero-order valence-corrected chi connectivity index (χ0v) is 42.0. The van der Waals surface area contributed by atoms with Crippen LogP contribution in [0.25, 0.3) is 66.8 Å². The standard InChI is InChI=1S/C48H42.C10H10O2.Cl4Si/c1-31-19-32(2)23-43(22-31)37-7-13-40(14-8-37)46-28-47(41-15-9-38(10-16-41)44-24-33(3)20-34(4)25-44)30-48(29-46)42-17-11-39(12-18-42)45-26-35(5)21-36(6)27-45;1-7(11)9-3-5-10(6-4-9)8(2)12;1-5(2,3)4/h7-30H,1-6H3;3-6H,1-2H3;. The minimum atomic E-state index is -2.72. The molecule has 8 aromatic rings. The molecule has 8 aromatic carbocycles. The molecule has 0 aromatic heterocycles. The lowest BCUT2D eigenvalue weighted by Crippen LogP contribution is -1.95. The maximum atomic E-state index is 10.8. The fourth-order valence-corrected chi connectivity index (χ4v) is 8.06. The summed E-state index contributed by atoms with van der Waals surface area (Å²) in [4.78, 5) is 21.7. The summed E-state index contributed by atoms with van der Waals surface area (Å²) in [7, 11) is 0. The van der Waals surface area contributed by atoms with Crippen molar-refractivity contribution in [2.75, 3.05) is 0 Å². The molecule has 0 heterocycles. The van der Waals surface area contributed by atoms with Gasteiger partial charge in [-0.25, -0.2) is 0 Å². The molecule has 0 amide bonds. The molecule has 0 unspecified atom stereocenters. The van der Waals surface area contributed by atoms with Crippen LogP contribution >= 0.6 is 44.3 Å². The maximum absolute atomic E-state index is 10.8. The van der Waals surface area contributed by atoms with Crippen molar-refractivity contribution in [1.29, 1.82) is 0 Å². The van der Waals surface area contributed by atoms with E-state index in [2.05, 4.69) is 187 Å². The molecular formula is C58H52Cl4O2Si. The predicted molar refractivity (Wildman–Crippen MR) is 283 cm³/mol. The minimum Gasteiger partial charge on any atom is -0.295 e. The molecular weight excluding hydrogens is 899 g/mol. The van der Waals surface area contributed by atoms with Crippen molar-refractivity contribution in [1.82, 2.24) is 0 Å². The van der Waals surface area contributed by atoms with Gasteiger partial charge in [0.25, 0.3) is 0 Å². The van der Waals surface area contributed by atoms with E-state index in [-0.39, 0.29) is 11.6 Å². The molecule has 0 atom stereocenters. The monoisotopic (exact) mass is 948 g/mol. The number of ketones is 2. The summed E-state index contributed by atoms with van der Waals surface area (Å²) in [6.07, 6.45) is 0. The van der Waals surface area contributed by atoms with Crippen molar-refractivity contribution in [2.45, 2.75) is 55.4 Å². The first-order valence-corrected chi connectivity index (χ1v) is 27.4. The third kappa shape index (κ3) is 14.2. The lowest BCUT2D eigenvalue weighted by molar-refractivity contribution is 0.100. The normalized spacial score (nSPS) is 10.9. The average molecular weight is 951 g/mol. The Hall–Kier alpha value is -5.52. The Labute approximate surface area is 404 Å². The summed E-state index contributed by atoms with van der Waals surface area (Å²) in [5.74, 6) is 0.0372. The average Bonchev–Trinajstić information content (AvgIpc) is 3.25. The van der Waals surface area contributed by atoms with Crippen LogP contribution in [-0.4, -0.2) is 16.9 Å². The quantitative estimate of drug-likeness (QED) is 0.0864. The topological polar surface area (TPSA) is 34.1 Å². The van der Waals surface area contributed by atoms with Crippen molar-refractivity contribution in [3.05, 3.63) is 214 Å². The van der Waals surface area contributed by atoms with Gasteiger partial charge in [0.15, 0.2) is 11.6 Å². The first kappa shape index (κ1) is 48.9. The number of carbonyl (C=O) groups excluding carboxylic acids is 2. The molecule has 0 aliphatic heterocycles. The van der Waals surface area contributed by atoms with Crippen LogP contribution in [0.4, 0.5) is 0 Å². The highest BCUT2D eigenvalue weighted by Gasteiger charge is 2.19. The van der Waals surface area contributed by atoms with Gasteiger partial charge in [0.2, 0.25) is 0 Å². The van der Waals surface area contributed by atoms with Crippen molar-refractivity contribution in [3.63, 3.8) is 0 Å². The SMILES string of the molecule is CC(=O)c1ccc(C(C)=O)cc1.Cc1cc(C)cc(-c2ccc(-c3cc(-c4ccc(-c5cc(C)cc(C)c5)cc4)cc(-c4ccc(-c5cc(C)cc(C)c5)cc4)c3)cc2)c1.Cl[Si](Cl)(Cl)Cl. The van der Waals surface area contributed by atoms with Crippen LogP contribution in [0.3, 0.4) is 0 Å². The number of rotatable bonds is 8. The Balaban J connectivity index is 0.000000347. The van der Waals surface area contributed by atoms with Crippen LogP contribution < -0.4 is 0 Å². The van der Waals surface area contributed by atoms with Crippen LogP contribution in [0.15, 0.2) is 170 Å². The number of Topliss-reactive ketones (excluding diaryl/α,β-unsaturated/α-hetero) is 2. The molecule has 0 bridgehead atoms. The Morgan fingerprint density at radius 2 is 0.431 bits per heavy atom. The number of aryl methyl sites for hydroxylation is 6. The molecule has 2 nitrogen and oxygen atoms in total. The highest BCUT2D eigenvalue weighted by molar-refractivity contribution is 7.81. The second-order valence-corrected chi connectivity index (χ2v) is 27.9. The fourth-order valence-electron chi connectivity index (χ4n) is 8.06. The first-order valence-electron chi connectivity index (χ1n) is 21.4. The van der Waals surface area contributed by atoms with Gasteiger partial charge in [-0.1, -0.05) is 185 Å². The van der Waals surface area contributed by atoms with Crippen LogP contribution in [0.5, 0.6) is 0 Å². The Morgan fingerprint density at radius 1 is 0.277 bits per heavy atom. The van der Waals surface area contributed by atoms with E-state index in [0.717, 1.165) is 0 Å². The van der Waals surface area contributed by atoms with Gasteiger partial charge < -0.3 is 0 Å². The van der Waals surface area contributed by atoms with E-state index in [1.165, 1.54) is 114 Å². The highest BCUT2D eigenvalue weighted by atomic mass is 36.0. The molecule has 0 spiro atoms. The molecule has 65 heavy (non-hydrogen) atoms. The van der Waals surface area contributed by atoms with Gasteiger partial charge in [-0.2, -0.15) is 0 Å². The van der Waals surface area contributed by atoms with Crippen LogP contribution in [0, 0.1) is 41.5 Å². The van der Waals surface area contributed by atoms with E-state index >= 15 is 0 Å². The molecule has 8 rings (SSSR count). The summed E-state index contributed by atoms with van der Waals surface area (Å²) < 4.78 is 0. The first-order chi connectivity index (χ1) is 30.8. The number of halogens is 4. The van der Waals surface area contributed by atoms with Gasteiger partial charge in [0.05, 0.1) is 0 Å². The maximum Gasteiger partial charge on any atom is 0.440 e. The summed E-state index contributed by atoms with van der Waals surface area (Å²) in [6, 6.07) is 61.1. The van der Waals surface area contributed by atoms with Gasteiger partial charge in [-0.15, -0.1) is 44.3 Å². The number of hydrogen-bond acceptors (Lipinski definition) is 2. The lowest BCUT2D eigenvalue weighted by Gasteiger charge is -2.13. The lowest BCUT2D eigenvalue weighted by atomic mass is 9.91. The van der Waals surface area contributed by atoms with Crippen molar-refractivity contribution >= 4 is 61.2 Å². The van der Waals surface area contributed by atoms with Gasteiger partial charge in [-0.3, -0.25) is 9.59 Å². The smallest absolute Gasteiger partial charge is 0.295 e. The molecule has 0 N–H and O–H groups in total. The van der Waals surface area contributed by atoms with Gasteiger partial charge in [-0.05, 0) is 140 Å². The van der Waals surface area contributed by atoms with E-state index in [4.69, 9.17) is 44.3 Å². The number of benzene rings is 8. The summed E-state index contributed by atoms with van der Waals surface area (Å²) in [5.41, 5.74) is 23.8. The molecule has 0 aliphatic rings. The van der Waals surface area contributed by atoms with Gasteiger partial charge >= 0.3 is 5.31 Å². The molecule has 0 fully saturated rings. The minimum absolute atomic E-state index is 0.0186. The van der Waals surface area contributed by atoms with E-state index < -0.39 is 5.31 Å². The highest BCUT2D eigenvalue weighted by Crippen LogP contribution is 2.36. The van der Waals surface area contributed by atoms with Crippen LogP contribution in [-0.2, 0) is 0 Å². The largest absolute Gasteiger partial charge is 0.440 e. The molecule has 0 radical (unpaired) electrons. The van der Waals surface area contributed by atoms with Crippen LogP contribution in [0.2, 0.25) is 0 Å². The second-order valence-electron chi connectivity index (χ2n) is 16.8. The van der Waals surface area contributed by atoms with E-state index in [1.54, 1.807) is 24.3 Å². The third-order valence-corrected chi connectivity index (χ3v) is 11.0. The fraction of sp³-hybridized carbons (Fsp3) is 0.138. The molecule has 0 saturated heterocycles. The Morgan fingerprint density at radius 3 is 0.585 bits per heavy atom. The summed E-state index contributed by atoms with van der Waals surface area (Å²) >= 11 is 19.9. The third-order valence-electron chi connectivity index (χ3n) is 11.0. The van der Waals surface area contributed by atoms with Crippen molar-refractivity contribution < 1.29 is 9.59 Å². The molecule has 0 aliphatic carbocycles. The number of hydrogen-bond donors (Lipinski definition) is 0. The molecule has 328 valence electrons. The predicted octanol–water partition coefficient (Wildman–Crippen LogP) is 18.0. The number of carbonyl (C=O) groups is 2. The second kappa shape index (κ2) is 21.6. The van der Waals surface area contributed by atoms with Crippen molar-refractivity contribution in [3.8, 4) is 66.8 Å². The van der Waals surface area contributed by atoms with Crippen molar-refractivity contribution in [2.24, 2.45) is 0 Å². The zero-order chi connectivity index (χ0) is 47.0.